The van der Waals surface area contributed by atoms with E-state index >= 15 is 0 Å². The monoisotopic (exact) mass is 370 g/mol. The molecule has 0 unspecified atom stereocenters. The van der Waals surface area contributed by atoms with E-state index in [0.29, 0.717) is 18.8 Å². The number of esters is 1. The van der Waals surface area contributed by atoms with Crippen molar-refractivity contribution in [2.24, 2.45) is 0 Å². The number of rotatable bonds is 7. The standard InChI is InChI=1S/C19H22N4O4/c1-23(2)11-10-21-18(25)16-12-13(8-9-20-16)17(24)22-15-7-5-4-6-14(15)19(26)27-3/h4-9,12H,10-11H2,1-3H3,(H,21,25)(H,22,24). The van der Waals surface area contributed by atoms with Gasteiger partial charge in [0.25, 0.3) is 11.8 Å². The Labute approximate surface area is 157 Å². The lowest BCUT2D eigenvalue weighted by Gasteiger charge is -2.11. The number of ether oxygens (including phenoxy) is 1. The SMILES string of the molecule is COC(=O)c1ccccc1NC(=O)c1ccnc(C(=O)NCCN(C)C)c1. The van der Waals surface area contributed by atoms with Crippen LogP contribution in [0.1, 0.15) is 31.2 Å². The summed E-state index contributed by atoms with van der Waals surface area (Å²) in [4.78, 5) is 42.4. The second-order valence-corrected chi connectivity index (χ2v) is 5.98. The zero-order valence-electron chi connectivity index (χ0n) is 15.5. The van der Waals surface area contributed by atoms with E-state index in [1.54, 1.807) is 24.3 Å². The lowest BCUT2D eigenvalue weighted by atomic mass is 10.1. The molecule has 0 aliphatic heterocycles. The number of hydrogen-bond acceptors (Lipinski definition) is 6. The first kappa shape index (κ1) is 20.1. The molecule has 0 saturated heterocycles. The second-order valence-electron chi connectivity index (χ2n) is 5.98. The molecule has 0 radical (unpaired) electrons. The van der Waals surface area contributed by atoms with E-state index in [4.69, 9.17) is 4.74 Å². The highest BCUT2D eigenvalue weighted by Gasteiger charge is 2.16. The number of carbonyl (C=O) groups is 3. The number of carbonyl (C=O) groups excluding carboxylic acids is 3. The van der Waals surface area contributed by atoms with Crippen LogP contribution in [0, 0.1) is 0 Å². The number of para-hydroxylation sites is 1. The summed E-state index contributed by atoms with van der Waals surface area (Å²) in [7, 11) is 5.08. The zero-order valence-corrected chi connectivity index (χ0v) is 15.5. The molecule has 2 amide bonds. The van der Waals surface area contributed by atoms with Crippen LogP contribution in [0.2, 0.25) is 0 Å². The van der Waals surface area contributed by atoms with Gasteiger partial charge in [-0.05, 0) is 38.4 Å². The van der Waals surface area contributed by atoms with Crippen LogP contribution in [0.15, 0.2) is 42.6 Å². The molecule has 0 aliphatic rings. The van der Waals surface area contributed by atoms with E-state index in [-0.39, 0.29) is 22.7 Å². The van der Waals surface area contributed by atoms with Gasteiger partial charge in [-0.2, -0.15) is 0 Å². The van der Waals surface area contributed by atoms with Crippen LogP contribution in [-0.4, -0.2) is 62.0 Å². The summed E-state index contributed by atoms with van der Waals surface area (Å²) in [6.07, 6.45) is 1.39. The topological polar surface area (TPSA) is 101 Å². The maximum absolute atomic E-state index is 12.5. The van der Waals surface area contributed by atoms with Crippen molar-refractivity contribution >= 4 is 23.5 Å². The van der Waals surface area contributed by atoms with Gasteiger partial charge in [0.05, 0.1) is 18.4 Å². The summed E-state index contributed by atoms with van der Waals surface area (Å²) in [5, 5.41) is 5.40. The normalized spacial score (nSPS) is 10.4. The van der Waals surface area contributed by atoms with Gasteiger partial charge >= 0.3 is 5.97 Å². The van der Waals surface area contributed by atoms with Crippen LogP contribution in [0.25, 0.3) is 0 Å². The molecule has 1 aromatic heterocycles. The van der Waals surface area contributed by atoms with Gasteiger partial charge in [-0.3, -0.25) is 14.6 Å². The smallest absolute Gasteiger partial charge is 0.339 e. The minimum absolute atomic E-state index is 0.141. The van der Waals surface area contributed by atoms with E-state index < -0.39 is 11.9 Å². The number of likely N-dealkylation sites (N-methyl/N-ethyl adjacent to an activating group) is 1. The third kappa shape index (κ3) is 5.61. The second kappa shape index (κ2) is 9.44. The fourth-order valence-corrected chi connectivity index (χ4v) is 2.25. The zero-order chi connectivity index (χ0) is 19.8. The number of hydrogen-bond donors (Lipinski definition) is 2. The molecule has 2 aromatic rings. The quantitative estimate of drug-likeness (QED) is 0.715. The molecular formula is C19H22N4O4. The fourth-order valence-electron chi connectivity index (χ4n) is 2.25. The van der Waals surface area contributed by atoms with Gasteiger partial charge in [-0.15, -0.1) is 0 Å². The molecule has 8 nitrogen and oxygen atoms in total. The van der Waals surface area contributed by atoms with Gasteiger partial charge in [0.1, 0.15) is 5.69 Å². The van der Waals surface area contributed by atoms with Gasteiger partial charge in [-0.25, -0.2) is 4.79 Å². The molecule has 1 heterocycles. The molecule has 0 bridgehead atoms. The molecule has 8 heteroatoms. The van der Waals surface area contributed by atoms with Crippen molar-refractivity contribution in [1.82, 2.24) is 15.2 Å². The number of benzene rings is 1. The minimum Gasteiger partial charge on any atom is -0.465 e. The maximum atomic E-state index is 12.5. The predicted molar refractivity (Wildman–Crippen MR) is 101 cm³/mol. The minimum atomic E-state index is -0.554. The molecule has 2 rings (SSSR count). The number of aromatic nitrogens is 1. The molecular weight excluding hydrogens is 348 g/mol. The first-order valence-electron chi connectivity index (χ1n) is 8.30. The Morgan fingerprint density at radius 1 is 1.11 bits per heavy atom. The largest absolute Gasteiger partial charge is 0.465 e. The Kier molecular flexibility index (Phi) is 7.01. The highest BCUT2D eigenvalue weighted by atomic mass is 16.5. The number of pyridine rings is 1. The van der Waals surface area contributed by atoms with E-state index in [1.165, 1.54) is 25.4 Å². The third-order valence-corrected chi connectivity index (χ3v) is 3.68. The number of anilines is 1. The van der Waals surface area contributed by atoms with E-state index in [0.717, 1.165) is 0 Å². The van der Waals surface area contributed by atoms with E-state index in [9.17, 15) is 14.4 Å². The summed E-state index contributed by atoms with van der Waals surface area (Å²) in [6.45, 7) is 1.16. The van der Waals surface area contributed by atoms with E-state index in [1.807, 2.05) is 19.0 Å². The van der Waals surface area contributed by atoms with Crippen molar-refractivity contribution in [3.63, 3.8) is 0 Å². The first-order valence-corrected chi connectivity index (χ1v) is 8.30. The Morgan fingerprint density at radius 2 is 1.85 bits per heavy atom. The van der Waals surface area contributed by atoms with Gasteiger partial charge < -0.3 is 20.3 Å². The fraction of sp³-hybridized carbons (Fsp3) is 0.263. The number of amides is 2. The van der Waals surface area contributed by atoms with Crippen molar-refractivity contribution in [2.75, 3.05) is 39.6 Å². The maximum Gasteiger partial charge on any atom is 0.339 e. The van der Waals surface area contributed by atoms with Crippen LogP contribution in [0.4, 0.5) is 5.69 Å². The van der Waals surface area contributed by atoms with Crippen LogP contribution in [-0.2, 0) is 4.74 Å². The summed E-state index contributed by atoms with van der Waals surface area (Å²) >= 11 is 0. The molecule has 27 heavy (non-hydrogen) atoms. The number of nitrogens with one attached hydrogen (secondary N) is 2. The van der Waals surface area contributed by atoms with Gasteiger partial charge in [0, 0.05) is 24.8 Å². The van der Waals surface area contributed by atoms with E-state index in [2.05, 4.69) is 15.6 Å². The molecule has 0 fully saturated rings. The van der Waals surface area contributed by atoms with Gasteiger partial charge in [0.2, 0.25) is 0 Å². The summed E-state index contributed by atoms with van der Waals surface area (Å²) < 4.78 is 4.71. The summed E-state index contributed by atoms with van der Waals surface area (Å²) in [5.41, 5.74) is 0.956. The molecule has 142 valence electrons. The molecule has 1 aromatic carbocycles. The Bertz CT molecular complexity index is 836. The molecule has 0 spiro atoms. The Morgan fingerprint density at radius 3 is 2.56 bits per heavy atom. The van der Waals surface area contributed by atoms with Crippen molar-refractivity contribution in [1.29, 1.82) is 0 Å². The molecule has 0 atom stereocenters. The van der Waals surface area contributed by atoms with Crippen LogP contribution >= 0.6 is 0 Å². The first-order chi connectivity index (χ1) is 12.9. The molecule has 0 aliphatic carbocycles. The summed E-state index contributed by atoms with van der Waals surface area (Å²) in [6, 6.07) is 9.41. The van der Waals surface area contributed by atoms with Gasteiger partial charge in [-0.1, -0.05) is 12.1 Å². The highest BCUT2D eigenvalue weighted by Crippen LogP contribution is 2.17. The van der Waals surface area contributed by atoms with Crippen LogP contribution in [0.3, 0.4) is 0 Å². The lowest BCUT2D eigenvalue weighted by Crippen LogP contribution is -2.32. The van der Waals surface area contributed by atoms with Crippen LogP contribution in [0.5, 0.6) is 0 Å². The number of nitrogens with zero attached hydrogens (tertiary/aromatic N) is 2. The summed E-state index contributed by atoms with van der Waals surface area (Å²) in [5.74, 6) is -1.38. The van der Waals surface area contributed by atoms with Crippen molar-refractivity contribution in [3.8, 4) is 0 Å². The average molecular weight is 370 g/mol. The van der Waals surface area contributed by atoms with Gasteiger partial charge in [0.15, 0.2) is 0 Å². The number of methoxy groups -OCH3 is 1. The highest BCUT2D eigenvalue weighted by molar-refractivity contribution is 6.08. The third-order valence-electron chi connectivity index (χ3n) is 3.68. The van der Waals surface area contributed by atoms with Crippen LogP contribution < -0.4 is 10.6 Å². The predicted octanol–water partition coefficient (Wildman–Crippen LogP) is 1.41. The Hall–Kier alpha value is -3.26. The molecule has 0 saturated carbocycles. The molecule has 2 N–H and O–H groups in total. The average Bonchev–Trinajstić information content (AvgIpc) is 2.67. The Balaban J connectivity index is 2.12. The van der Waals surface area contributed by atoms with Crippen molar-refractivity contribution in [3.05, 3.63) is 59.4 Å². The van der Waals surface area contributed by atoms with Crippen molar-refractivity contribution < 1.29 is 19.1 Å². The lowest BCUT2D eigenvalue weighted by molar-refractivity contribution is 0.0601. The van der Waals surface area contributed by atoms with Crippen molar-refractivity contribution in [2.45, 2.75) is 0 Å².